The maximum atomic E-state index is 11.8. The molecule has 5 heteroatoms. The molecule has 1 aliphatic heterocycles. The van der Waals surface area contributed by atoms with Gasteiger partial charge in [0.15, 0.2) is 0 Å². The van der Waals surface area contributed by atoms with Crippen LogP contribution in [-0.2, 0) is 10.0 Å². The zero-order valence-electron chi connectivity index (χ0n) is 9.26. The average molecular weight is 240 g/mol. The van der Waals surface area contributed by atoms with Crippen LogP contribution in [0.4, 0.5) is 5.69 Å². The van der Waals surface area contributed by atoms with Gasteiger partial charge < -0.3 is 5.73 Å². The smallest absolute Gasteiger partial charge is 0.214 e. The van der Waals surface area contributed by atoms with Gasteiger partial charge in [0.05, 0.1) is 5.75 Å². The van der Waals surface area contributed by atoms with E-state index in [9.17, 15) is 8.42 Å². The summed E-state index contributed by atoms with van der Waals surface area (Å²) >= 11 is 0. The van der Waals surface area contributed by atoms with Crippen molar-refractivity contribution in [3.63, 3.8) is 0 Å². The van der Waals surface area contributed by atoms with E-state index in [4.69, 9.17) is 5.73 Å². The van der Waals surface area contributed by atoms with E-state index >= 15 is 0 Å². The number of hydrogen-bond acceptors (Lipinski definition) is 3. The molecule has 1 aliphatic rings. The highest BCUT2D eigenvalue weighted by Crippen LogP contribution is 2.28. The summed E-state index contributed by atoms with van der Waals surface area (Å²) in [6, 6.07) is 7.27. The standard InChI is InChI=1S/C11H16N2O2S/c1-9(10-4-2-5-11(12)8-10)13-6-3-7-16(13,14)15/h2,4-5,8-9H,3,6-7,12H2,1H3. The summed E-state index contributed by atoms with van der Waals surface area (Å²) in [5.41, 5.74) is 7.31. The molecule has 1 aromatic rings. The highest BCUT2D eigenvalue weighted by Gasteiger charge is 2.32. The fourth-order valence-corrected chi connectivity index (χ4v) is 3.82. The first-order valence-electron chi connectivity index (χ1n) is 5.36. The van der Waals surface area contributed by atoms with Gasteiger partial charge in [0.2, 0.25) is 10.0 Å². The molecule has 1 heterocycles. The van der Waals surface area contributed by atoms with Crippen molar-refractivity contribution < 1.29 is 8.42 Å². The maximum Gasteiger partial charge on any atom is 0.214 e. The van der Waals surface area contributed by atoms with Crippen molar-refractivity contribution in [2.45, 2.75) is 19.4 Å². The zero-order valence-corrected chi connectivity index (χ0v) is 10.1. The number of rotatable bonds is 2. The van der Waals surface area contributed by atoms with Gasteiger partial charge in [0, 0.05) is 18.3 Å². The number of nitrogens with two attached hydrogens (primary N) is 1. The molecule has 0 aromatic heterocycles. The molecular weight excluding hydrogens is 224 g/mol. The van der Waals surface area contributed by atoms with Gasteiger partial charge in [-0.3, -0.25) is 0 Å². The van der Waals surface area contributed by atoms with E-state index in [1.54, 1.807) is 10.4 Å². The molecule has 2 N–H and O–H groups in total. The first-order chi connectivity index (χ1) is 7.50. The fourth-order valence-electron chi connectivity index (χ4n) is 2.08. The van der Waals surface area contributed by atoms with Crippen molar-refractivity contribution in [2.24, 2.45) is 0 Å². The Morgan fingerprint density at radius 1 is 1.44 bits per heavy atom. The minimum absolute atomic E-state index is 0.129. The highest BCUT2D eigenvalue weighted by atomic mass is 32.2. The molecule has 0 radical (unpaired) electrons. The van der Waals surface area contributed by atoms with Gasteiger partial charge in [0.1, 0.15) is 0 Å². The summed E-state index contributed by atoms with van der Waals surface area (Å²) in [5.74, 6) is 0.264. The molecule has 1 atom stereocenters. The van der Waals surface area contributed by atoms with E-state index in [1.165, 1.54) is 0 Å². The summed E-state index contributed by atoms with van der Waals surface area (Å²) in [5, 5.41) is 0. The molecule has 0 spiro atoms. The molecule has 16 heavy (non-hydrogen) atoms. The number of sulfonamides is 1. The second kappa shape index (κ2) is 4.07. The molecule has 88 valence electrons. The molecule has 0 bridgehead atoms. The molecule has 2 rings (SSSR count). The summed E-state index contributed by atoms with van der Waals surface area (Å²) < 4.78 is 25.1. The van der Waals surface area contributed by atoms with Crippen LogP contribution in [0.2, 0.25) is 0 Å². The van der Waals surface area contributed by atoms with Crippen molar-refractivity contribution in [3.05, 3.63) is 29.8 Å². The number of nitrogens with zero attached hydrogens (tertiary/aromatic N) is 1. The van der Waals surface area contributed by atoms with E-state index in [0.29, 0.717) is 12.2 Å². The van der Waals surface area contributed by atoms with E-state index in [-0.39, 0.29) is 11.8 Å². The van der Waals surface area contributed by atoms with Crippen LogP contribution in [0.3, 0.4) is 0 Å². The third-order valence-corrected chi connectivity index (χ3v) is 4.98. The largest absolute Gasteiger partial charge is 0.399 e. The first-order valence-corrected chi connectivity index (χ1v) is 6.96. The van der Waals surface area contributed by atoms with Crippen molar-refractivity contribution in [1.29, 1.82) is 0 Å². The summed E-state index contributed by atoms with van der Waals surface area (Å²) in [4.78, 5) is 0. The number of anilines is 1. The molecule has 1 aromatic carbocycles. The molecule has 0 amide bonds. The molecule has 4 nitrogen and oxygen atoms in total. The van der Waals surface area contributed by atoms with Crippen LogP contribution in [0.25, 0.3) is 0 Å². The van der Waals surface area contributed by atoms with Crippen molar-refractivity contribution in [2.75, 3.05) is 18.0 Å². The van der Waals surface area contributed by atoms with Crippen LogP contribution < -0.4 is 5.73 Å². The molecule has 0 saturated carbocycles. The third-order valence-electron chi connectivity index (χ3n) is 2.96. The lowest BCUT2D eigenvalue weighted by Gasteiger charge is -2.23. The van der Waals surface area contributed by atoms with Gasteiger partial charge in [-0.15, -0.1) is 0 Å². The van der Waals surface area contributed by atoms with E-state index in [0.717, 1.165) is 12.0 Å². The lowest BCUT2D eigenvalue weighted by atomic mass is 10.1. The van der Waals surface area contributed by atoms with Gasteiger partial charge >= 0.3 is 0 Å². The van der Waals surface area contributed by atoms with Crippen LogP contribution in [-0.4, -0.2) is 25.0 Å². The SMILES string of the molecule is CC(c1cccc(N)c1)N1CCCS1(=O)=O. The fraction of sp³-hybridized carbons (Fsp3) is 0.455. The Labute approximate surface area is 96.1 Å². The highest BCUT2D eigenvalue weighted by molar-refractivity contribution is 7.89. The van der Waals surface area contributed by atoms with E-state index < -0.39 is 10.0 Å². The Bertz CT molecular complexity index is 485. The normalized spacial score (nSPS) is 22.1. The van der Waals surface area contributed by atoms with Crippen molar-refractivity contribution >= 4 is 15.7 Å². The van der Waals surface area contributed by atoms with Crippen molar-refractivity contribution in [1.82, 2.24) is 4.31 Å². The van der Waals surface area contributed by atoms with E-state index in [2.05, 4.69) is 0 Å². The Kier molecular flexibility index (Phi) is 2.90. The van der Waals surface area contributed by atoms with Crippen LogP contribution in [0.15, 0.2) is 24.3 Å². The van der Waals surface area contributed by atoms with Gasteiger partial charge in [-0.25, -0.2) is 8.42 Å². The number of benzene rings is 1. The maximum absolute atomic E-state index is 11.8. The molecular formula is C11H16N2O2S. The topological polar surface area (TPSA) is 63.4 Å². The predicted octanol–water partition coefficient (Wildman–Crippen LogP) is 1.37. The lowest BCUT2D eigenvalue weighted by molar-refractivity contribution is 0.369. The monoisotopic (exact) mass is 240 g/mol. The third kappa shape index (κ3) is 2.05. The first kappa shape index (κ1) is 11.4. The van der Waals surface area contributed by atoms with E-state index in [1.807, 2.05) is 25.1 Å². The summed E-state index contributed by atoms with van der Waals surface area (Å²) in [6.45, 7) is 2.51. The van der Waals surface area contributed by atoms with Gasteiger partial charge in [-0.05, 0) is 31.0 Å². The predicted molar refractivity (Wildman–Crippen MR) is 64.4 cm³/mol. The summed E-state index contributed by atoms with van der Waals surface area (Å²) in [7, 11) is -3.05. The lowest BCUT2D eigenvalue weighted by Crippen LogP contribution is -2.28. The second-order valence-electron chi connectivity index (χ2n) is 4.13. The molecule has 1 fully saturated rings. The van der Waals surface area contributed by atoms with Crippen molar-refractivity contribution in [3.8, 4) is 0 Å². The summed E-state index contributed by atoms with van der Waals surface area (Å²) in [6.07, 6.45) is 0.717. The van der Waals surface area contributed by atoms with Crippen LogP contribution in [0.5, 0.6) is 0 Å². The van der Waals surface area contributed by atoms with Gasteiger partial charge in [-0.2, -0.15) is 4.31 Å². The van der Waals surface area contributed by atoms with Gasteiger partial charge in [0.25, 0.3) is 0 Å². The Balaban J connectivity index is 2.29. The molecule has 0 aliphatic carbocycles. The number of hydrogen-bond donors (Lipinski definition) is 1. The Morgan fingerprint density at radius 3 is 2.75 bits per heavy atom. The second-order valence-corrected chi connectivity index (χ2v) is 6.17. The Morgan fingerprint density at radius 2 is 2.19 bits per heavy atom. The Hall–Kier alpha value is -1.07. The number of nitrogen functional groups attached to an aromatic ring is 1. The molecule has 1 unspecified atom stereocenters. The van der Waals surface area contributed by atoms with Crippen LogP contribution >= 0.6 is 0 Å². The zero-order chi connectivity index (χ0) is 11.8. The van der Waals surface area contributed by atoms with Crippen LogP contribution in [0, 0.1) is 0 Å². The molecule has 1 saturated heterocycles. The quantitative estimate of drug-likeness (QED) is 0.794. The minimum Gasteiger partial charge on any atom is -0.399 e. The minimum atomic E-state index is -3.05. The van der Waals surface area contributed by atoms with Gasteiger partial charge in [-0.1, -0.05) is 12.1 Å². The van der Waals surface area contributed by atoms with Crippen LogP contribution in [0.1, 0.15) is 24.9 Å². The average Bonchev–Trinajstić information content (AvgIpc) is 2.57.